The molecule has 0 unspecified atom stereocenters. The molecule has 2 rings (SSSR count). The Morgan fingerprint density at radius 3 is 2.95 bits per heavy atom. The van der Waals surface area contributed by atoms with E-state index in [1.807, 2.05) is 30.3 Å². The number of allylic oxidation sites excluding steroid dienone is 1. The summed E-state index contributed by atoms with van der Waals surface area (Å²) in [4.78, 5) is 13.3. The lowest BCUT2D eigenvalue weighted by atomic mass is 9.97. The van der Waals surface area contributed by atoms with E-state index in [2.05, 4.69) is 18.0 Å². The lowest BCUT2D eigenvalue weighted by Crippen LogP contribution is -2.25. The minimum absolute atomic E-state index is 0.0265. The van der Waals surface area contributed by atoms with Crippen LogP contribution >= 0.6 is 11.8 Å². The molecule has 112 valence electrons. The fourth-order valence-electron chi connectivity index (χ4n) is 2.49. The highest BCUT2D eigenvalue weighted by Crippen LogP contribution is 2.23. The largest absolute Gasteiger partial charge is 0.352 e. The van der Waals surface area contributed by atoms with Crippen molar-refractivity contribution in [1.82, 2.24) is 5.32 Å². The number of carbonyl (C=O) groups excluding carboxylic acids is 1. The van der Waals surface area contributed by atoms with Crippen LogP contribution < -0.4 is 5.32 Å². The van der Waals surface area contributed by atoms with Crippen molar-refractivity contribution in [3.05, 3.63) is 54.1 Å². The van der Waals surface area contributed by atoms with Gasteiger partial charge in [0.05, 0.1) is 5.56 Å². The Balaban J connectivity index is 1.87. The first-order chi connectivity index (χ1) is 10.3. The fourth-order valence-corrected chi connectivity index (χ4v) is 3.28. The molecule has 0 heterocycles. The molecule has 0 bridgehead atoms. The molecule has 1 aliphatic rings. The summed E-state index contributed by atoms with van der Waals surface area (Å²) in [7, 11) is 0. The van der Waals surface area contributed by atoms with Gasteiger partial charge < -0.3 is 5.32 Å². The number of carbonyl (C=O) groups is 1. The summed E-state index contributed by atoms with van der Waals surface area (Å²) in [5, 5.41) is 3.04. The number of hydrogen-bond acceptors (Lipinski definition) is 2. The van der Waals surface area contributed by atoms with E-state index in [0.29, 0.717) is 0 Å². The van der Waals surface area contributed by atoms with Gasteiger partial charge in [0.2, 0.25) is 0 Å². The number of nitrogens with one attached hydrogen (secondary N) is 1. The number of rotatable bonds is 7. The van der Waals surface area contributed by atoms with Crippen molar-refractivity contribution in [3.8, 4) is 0 Å². The van der Waals surface area contributed by atoms with Gasteiger partial charge in [0.15, 0.2) is 0 Å². The maximum Gasteiger partial charge on any atom is 0.252 e. The Bertz CT molecular complexity index is 522. The number of benzene rings is 1. The average Bonchev–Trinajstić information content (AvgIpc) is 2.54. The summed E-state index contributed by atoms with van der Waals surface area (Å²) >= 11 is 1.65. The van der Waals surface area contributed by atoms with Gasteiger partial charge in [-0.25, -0.2) is 0 Å². The third-order valence-electron chi connectivity index (χ3n) is 3.61. The topological polar surface area (TPSA) is 29.1 Å². The summed E-state index contributed by atoms with van der Waals surface area (Å²) < 4.78 is 0. The molecule has 2 nitrogen and oxygen atoms in total. The number of hydrogen-bond donors (Lipinski definition) is 1. The van der Waals surface area contributed by atoms with Crippen LogP contribution in [0.15, 0.2) is 53.5 Å². The Morgan fingerprint density at radius 2 is 2.19 bits per heavy atom. The predicted octanol–water partition coefficient (Wildman–Crippen LogP) is 4.59. The average molecular weight is 301 g/mol. The molecule has 0 aliphatic heterocycles. The SMILES string of the molecule is C=CCSc1ccccc1C(=O)NCCC1=CCCCC1. The van der Waals surface area contributed by atoms with Gasteiger partial charge >= 0.3 is 0 Å². The van der Waals surface area contributed by atoms with Crippen LogP contribution in [0, 0.1) is 0 Å². The minimum Gasteiger partial charge on any atom is -0.352 e. The summed E-state index contributed by atoms with van der Waals surface area (Å²) in [5.74, 6) is 0.843. The Hall–Kier alpha value is -1.48. The van der Waals surface area contributed by atoms with Gasteiger partial charge in [0, 0.05) is 17.2 Å². The van der Waals surface area contributed by atoms with Crippen LogP contribution in [0.2, 0.25) is 0 Å². The molecule has 0 fully saturated rings. The first-order valence-corrected chi connectivity index (χ1v) is 8.58. The van der Waals surface area contributed by atoms with E-state index in [1.54, 1.807) is 11.8 Å². The van der Waals surface area contributed by atoms with E-state index < -0.39 is 0 Å². The molecule has 3 heteroatoms. The third-order valence-corrected chi connectivity index (χ3v) is 4.67. The Labute approximate surface area is 131 Å². The minimum atomic E-state index is 0.0265. The second-order valence-corrected chi connectivity index (χ2v) is 6.27. The van der Waals surface area contributed by atoms with Gasteiger partial charge in [0.1, 0.15) is 0 Å². The van der Waals surface area contributed by atoms with Crippen molar-refractivity contribution >= 4 is 17.7 Å². The van der Waals surface area contributed by atoms with Crippen LogP contribution in [0.5, 0.6) is 0 Å². The quantitative estimate of drug-likeness (QED) is 0.590. The molecular weight excluding hydrogens is 278 g/mol. The molecule has 0 radical (unpaired) electrons. The zero-order chi connectivity index (χ0) is 14.9. The lowest BCUT2D eigenvalue weighted by Gasteiger charge is -2.13. The second-order valence-electron chi connectivity index (χ2n) is 5.21. The van der Waals surface area contributed by atoms with Crippen LogP contribution in [-0.2, 0) is 0 Å². The zero-order valence-corrected chi connectivity index (χ0v) is 13.3. The number of thioether (sulfide) groups is 1. The molecule has 1 N–H and O–H groups in total. The standard InChI is InChI=1S/C18H23NOS/c1-2-14-21-17-11-7-6-10-16(17)18(20)19-13-12-15-8-4-3-5-9-15/h2,6-8,10-11H,1,3-5,9,12-14H2,(H,19,20). The molecular formula is C18H23NOS. The van der Waals surface area contributed by atoms with Crippen molar-refractivity contribution in [2.45, 2.75) is 37.0 Å². The van der Waals surface area contributed by atoms with Gasteiger partial charge in [-0.15, -0.1) is 18.3 Å². The second kappa shape index (κ2) is 8.73. The van der Waals surface area contributed by atoms with Crippen molar-refractivity contribution in [2.24, 2.45) is 0 Å². The molecule has 0 saturated carbocycles. The van der Waals surface area contributed by atoms with Crippen molar-refractivity contribution in [2.75, 3.05) is 12.3 Å². The molecule has 1 amide bonds. The van der Waals surface area contributed by atoms with E-state index in [-0.39, 0.29) is 5.91 Å². The Morgan fingerprint density at radius 1 is 1.33 bits per heavy atom. The van der Waals surface area contributed by atoms with E-state index in [4.69, 9.17) is 0 Å². The van der Waals surface area contributed by atoms with Crippen molar-refractivity contribution < 1.29 is 4.79 Å². The molecule has 0 atom stereocenters. The smallest absolute Gasteiger partial charge is 0.252 e. The van der Waals surface area contributed by atoms with Crippen molar-refractivity contribution in [1.29, 1.82) is 0 Å². The van der Waals surface area contributed by atoms with Gasteiger partial charge in [-0.1, -0.05) is 29.9 Å². The van der Waals surface area contributed by atoms with Crippen LogP contribution in [0.25, 0.3) is 0 Å². The van der Waals surface area contributed by atoms with Gasteiger partial charge in [-0.3, -0.25) is 4.79 Å². The molecule has 0 saturated heterocycles. The van der Waals surface area contributed by atoms with Gasteiger partial charge in [-0.2, -0.15) is 0 Å². The highest BCUT2D eigenvalue weighted by atomic mass is 32.2. The maximum atomic E-state index is 12.3. The van der Waals surface area contributed by atoms with E-state index in [0.717, 1.165) is 29.2 Å². The predicted molar refractivity (Wildman–Crippen MR) is 90.9 cm³/mol. The molecule has 21 heavy (non-hydrogen) atoms. The monoisotopic (exact) mass is 301 g/mol. The summed E-state index contributed by atoms with van der Waals surface area (Å²) in [6.07, 6.45) is 10.2. The first kappa shape index (κ1) is 15.9. The van der Waals surface area contributed by atoms with E-state index >= 15 is 0 Å². The van der Waals surface area contributed by atoms with E-state index in [1.165, 1.54) is 31.3 Å². The summed E-state index contributed by atoms with van der Waals surface area (Å²) in [6, 6.07) is 7.76. The number of amides is 1. The molecule has 0 spiro atoms. The van der Waals surface area contributed by atoms with Crippen LogP contribution in [0.1, 0.15) is 42.5 Å². The first-order valence-electron chi connectivity index (χ1n) is 7.60. The maximum absolute atomic E-state index is 12.3. The van der Waals surface area contributed by atoms with Crippen LogP contribution in [0.3, 0.4) is 0 Å². The van der Waals surface area contributed by atoms with Gasteiger partial charge in [0.25, 0.3) is 5.91 Å². The highest BCUT2D eigenvalue weighted by molar-refractivity contribution is 7.99. The normalized spacial score (nSPS) is 14.4. The van der Waals surface area contributed by atoms with Crippen molar-refractivity contribution in [3.63, 3.8) is 0 Å². The lowest BCUT2D eigenvalue weighted by molar-refractivity contribution is 0.0951. The molecule has 1 aliphatic carbocycles. The van der Waals surface area contributed by atoms with E-state index in [9.17, 15) is 4.79 Å². The highest BCUT2D eigenvalue weighted by Gasteiger charge is 2.11. The zero-order valence-electron chi connectivity index (χ0n) is 12.4. The molecule has 0 aromatic heterocycles. The summed E-state index contributed by atoms with van der Waals surface area (Å²) in [5.41, 5.74) is 2.26. The van der Waals surface area contributed by atoms with Crippen LogP contribution in [0.4, 0.5) is 0 Å². The molecule has 1 aromatic rings. The van der Waals surface area contributed by atoms with Crippen LogP contribution in [-0.4, -0.2) is 18.2 Å². The third kappa shape index (κ3) is 5.09. The van der Waals surface area contributed by atoms with Gasteiger partial charge in [-0.05, 0) is 44.2 Å². The Kier molecular flexibility index (Phi) is 6.61. The molecule has 1 aromatic carbocycles. The summed E-state index contributed by atoms with van der Waals surface area (Å²) in [6.45, 7) is 4.45. The fraction of sp³-hybridized carbons (Fsp3) is 0.389.